The van der Waals surface area contributed by atoms with Crippen LogP contribution in [0.4, 0.5) is 0 Å². The highest BCUT2D eigenvalue weighted by atomic mass is 16.5. The summed E-state index contributed by atoms with van der Waals surface area (Å²) in [4.78, 5) is 0. The van der Waals surface area contributed by atoms with Crippen LogP contribution in [0, 0.1) is 0 Å². The molecule has 1 heteroatoms. The van der Waals surface area contributed by atoms with Gasteiger partial charge in [0.25, 0.3) is 0 Å². The molecular weight excluding hydrogens is 617 g/mol. The molecule has 3 aliphatic rings. The molecule has 0 spiro atoms. The van der Waals surface area contributed by atoms with Gasteiger partial charge in [0.15, 0.2) is 0 Å². The van der Waals surface area contributed by atoms with Gasteiger partial charge >= 0.3 is 0 Å². The van der Waals surface area contributed by atoms with Crippen LogP contribution >= 0.6 is 0 Å². The number of hydrogen-bond acceptors (Lipinski definition) is 1. The third kappa shape index (κ3) is 4.15. The Kier molecular flexibility index (Phi) is 6.13. The molecule has 1 aliphatic heterocycles. The highest BCUT2D eigenvalue weighted by Gasteiger charge is 2.40. The summed E-state index contributed by atoms with van der Waals surface area (Å²) >= 11 is 0. The van der Waals surface area contributed by atoms with E-state index in [1.807, 2.05) is 0 Å². The lowest BCUT2D eigenvalue weighted by molar-refractivity contribution is 0.415. The normalized spacial score (nSPS) is 16.8. The Morgan fingerprint density at radius 2 is 1.25 bits per heavy atom. The van der Waals surface area contributed by atoms with Gasteiger partial charge in [-0.3, -0.25) is 0 Å². The van der Waals surface area contributed by atoms with Crippen LogP contribution in [0.3, 0.4) is 0 Å². The van der Waals surface area contributed by atoms with Crippen molar-refractivity contribution >= 4 is 44.5 Å². The van der Waals surface area contributed by atoms with E-state index in [4.69, 9.17) is 4.74 Å². The molecule has 2 aliphatic carbocycles. The highest BCUT2D eigenvalue weighted by Crippen LogP contribution is 2.56. The van der Waals surface area contributed by atoms with Crippen molar-refractivity contribution in [3.63, 3.8) is 0 Å². The predicted octanol–water partition coefficient (Wildman–Crippen LogP) is 13.4. The fraction of sp³-hybridized carbons (Fsp3) is 0.0800. The van der Waals surface area contributed by atoms with E-state index in [0.29, 0.717) is 5.92 Å². The molecule has 2 atom stereocenters. The minimum absolute atomic E-state index is 0.235. The predicted molar refractivity (Wildman–Crippen MR) is 214 cm³/mol. The van der Waals surface area contributed by atoms with Gasteiger partial charge in [0.05, 0.1) is 5.92 Å². The van der Waals surface area contributed by atoms with Gasteiger partial charge in [-0.2, -0.15) is 0 Å². The van der Waals surface area contributed by atoms with Crippen LogP contribution in [0.15, 0.2) is 157 Å². The van der Waals surface area contributed by atoms with E-state index in [-0.39, 0.29) is 5.92 Å². The zero-order valence-electron chi connectivity index (χ0n) is 28.4. The Morgan fingerprint density at radius 1 is 0.569 bits per heavy atom. The SMILES string of the molecule is CC1c2c(c(-c3c4ccccc4c(-c4cccc5cc(-c6ccccc6)ccc45)c4ccccc34)cc3c2CC=C3)C=C2Oc3ccccc3C21. The Hall–Kier alpha value is -6.18. The van der Waals surface area contributed by atoms with Gasteiger partial charge in [0.1, 0.15) is 11.5 Å². The van der Waals surface area contributed by atoms with E-state index in [1.165, 1.54) is 93.5 Å². The molecule has 8 aromatic carbocycles. The molecule has 11 rings (SSSR count). The van der Waals surface area contributed by atoms with Crippen molar-refractivity contribution in [3.8, 4) is 39.1 Å². The molecule has 2 unspecified atom stereocenters. The van der Waals surface area contributed by atoms with E-state index in [2.05, 4.69) is 171 Å². The average Bonchev–Trinajstić information content (AvgIpc) is 3.81. The molecule has 51 heavy (non-hydrogen) atoms. The van der Waals surface area contributed by atoms with Gasteiger partial charge in [-0.15, -0.1) is 0 Å². The average molecular weight is 651 g/mol. The quantitative estimate of drug-likeness (QED) is 0.173. The summed E-state index contributed by atoms with van der Waals surface area (Å²) in [5.41, 5.74) is 14.5. The van der Waals surface area contributed by atoms with Crippen molar-refractivity contribution in [1.82, 2.24) is 0 Å². The van der Waals surface area contributed by atoms with Crippen LogP contribution in [0.2, 0.25) is 0 Å². The first-order valence-corrected chi connectivity index (χ1v) is 18.1. The number of hydrogen-bond donors (Lipinski definition) is 0. The first kappa shape index (κ1) is 28.6. The lowest BCUT2D eigenvalue weighted by atomic mass is 9.71. The Morgan fingerprint density at radius 3 is 2.02 bits per heavy atom. The topological polar surface area (TPSA) is 9.23 Å². The van der Waals surface area contributed by atoms with E-state index < -0.39 is 0 Å². The first-order valence-electron chi connectivity index (χ1n) is 18.1. The van der Waals surface area contributed by atoms with Gasteiger partial charge in [-0.05, 0) is 125 Å². The van der Waals surface area contributed by atoms with E-state index >= 15 is 0 Å². The van der Waals surface area contributed by atoms with Crippen LogP contribution in [0.1, 0.15) is 46.6 Å². The molecule has 8 aromatic rings. The van der Waals surface area contributed by atoms with Crippen LogP contribution in [-0.2, 0) is 6.42 Å². The maximum Gasteiger partial charge on any atom is 0.130 e. The molecular formula is C50H34O. The van der Waals surface area contributed by atoms with Gasteiger partial charge in [0, 0.05) is 5.56 Å². The lowest BCUT2D eigenvalue weighted by Crippen LogP contribution is -2.17. The summed E-state index contributed by atoms with van der Waals surface area (Å²) in [5, 5.41) is 7.61. The maximum absolute atomic E-state index is 6.62. The highest BCUT2D eigenvalue weighted by molar-refractivity contribution is 6.24. The Balaban J connectivity index is 1.19. The second-order valence-electron chi connectivity index (χ2n) is 14.3. The fourth-order valence-corrected chi connectivity index (χ4v) is 9.48. The van der Waals surface area contributed by atoms with E-state index in [9.17, 15) is 0 Å². The van der Waals surface area contributed by atoms with Gasteiger partial charge in [0.2, 0.25) is 0 Å². The van der Waals surface area contributed by atoms with Crippen molar-refractivity contribution in [3.05, 3.63) is 185 Å². The summed E-state index contributed by atoms with van der Waals surface area (Å²) in [7, 11) is 0. The number of ether oxygens (including phenoxy) is 1. The monoisotopic (exact) mass is 650 g/mol. The number of rotatable bonds is 3. The zero-order chi connectivity index (χ0) is 33.6. The van der Waals surface area contributed by atoms with E-state index in [1.54, 1.807) is 0 Å². The van der Waals surface area contributed by atoms with Crippen molar-refractivity contribution in [2.75, 3.05) is 0 Å². The fourth-order valence-electron chi connectivity index (χ4n) is 9.48. The molecule has 0 amide bonds. The van der Waals surface area contributed by atoms with Crippen LogP contribution in [0.5, 0.6) is 5.75 Å². The molecule has 1 nitrogen and oxygen atoms in total. The van der Waals surface area contributed by atoms with Crippen LogP contribution in [-0.4, -0.2) is 0 Å². The summed E-state index contributed by atoms with van der Waals surface area (Å²) < 4.78 is 6.62. The van der Waals surface area contributed by atoms with Crippen molar-refractivity contribution < 1.29 is 4.74 Å². The van der Waals surface area contributed by atoms with Crippen molar-refractivity contribution in [2.24, 2.45) is 0 Å². The Labute approximate surface area is 297 Å². The number of benzene rings is 8. The summed E-state index contributed by atoms with van der Waals surface area (Å²) in [6, 6.07) is 53.5. The maximum atomic E-state index is 6.62. The summed E-state index contributed by atoms with van der Waals surface area (Å²) in [6.45, 7) is 2.41. The third-order valence-corrected chi connectivity index (χ3v) is 11.7. The molecule has 0 saturated heterocycles. The zero-order valence-corrected chi connectivity index (χ0v) is 28.4. The van der Waals surface area contributed by atoms with Gasteiger partial charge < -0.3 is 4.74 Å². The largest absolute Gasteiger partial charge is 0.461 e. The van der Waals surface area contributed by atoms with E-state index in [0.717, 1.165) is 17.9 Å². The third-order valence-electron chi connectivity index (χ3n) is 11.7. The number of fused-ring (bicyclic) bond motifs is 9. The minimum Gasteiger partial charge on any atom is -0.461 e. The van der Waals surface area contributed by atoms with Gasteiger partial charge in [-0.25, -0.2) is 0 Å². The van der Waals surface area contributed by atoms with Crippen LogP contribution < -0.4 is 4.74 Å². The lowest BCUT2D eigenvalue weighted by Gasteiger charge is -2.31. The molecule has 0 saturated carbocycles. The summed E-state index contributed by atoms with van der Waals surface area (Å²) in [5.74, 6) is 2.60. The van der Waals surface area contributed by atoms with Crippen molar-refractivity contribution in [2.45, 2.75) is 25.2 Å². The molecule has 240 valence electrons. The molecule has 0 aromatic heterocycles. The molecule has 0 bridgehead atoms. The smallest absolute Gasteiger partial charge is 0.130 e. The number of allylic oxidation sites excluding steroid dienone is 2. The Bertz CT molecular complexity index is 2760. The molecule has 1 heterocycles. The molecule has 0 radical (unpaired) electrons. The number of para-hydroxylation sites is 1. The molecule has 0 N–H and O–H groups in total. The van der Waals surface area contributed by atoms with Crippen LogP contribution in [0.25, 0.3) is 77.9 Å². The standard InChI is InChI=1S/C50H34O/c1-30-47-36-22-11-16-34(36)28-43(44(47)29-46-48(30)42-21-9-10-24-45(42)51-46)50-40-19-7-5-17-38(40)49(39-18-6-8-20-41(39)50)37-23-12-15-33-27-32(25-26-35(33)37)31-13-3-2-4-14-31/h2-21,23-30,48H,22H2,1H3. The first-order chi connectivity index (χ1) is 25.2. The second kappa shape index (κ2) is 10.9. The van der Waals surface area contributed by atoms with Gasteiger partial charge in [-0.1, -0.05) is 146 Å². The molecule has 0 fully saturated rings. The minimum atomic E-state index is 0.235. The van der Waals surface area contributed by atoms with Crippen molar-refractivity contribution in [1.29, 1.82) is 0 Å². The second-order valence-corrected chi connectivity index (χ2v) is 14.3. The summed E-state index contributed by atoms with van der Waals surface area (Å²) in [6.07, 6.45) is 8.03.